The molecule has 0 N–H and O–H groups in total. The largest absolute Gasteiger partial charge is 0.493 e. The Hall–Kier alpha value is -2.02. The van der Waals surface area contributed by atoms with Crippen molar-refractivity contribution in [1.29, 1.82) is 0 Å². The van der Waals surface area contributed by atoms with E-state index < -0.39 is 0 Å². The van der Waals surface area contributed by atoms with Crippen LogP contribution in [-0.4, -0.2) is 6.61 Å². The van der Waals surface area contributed by atoms with Gasteiger partial charge in [0, 0.05) is 0 Å². The molecule has 0 saturated heterocycles. The number of ether oxygens (including phenoxy) is 1. The fraction of sp³-hybridized carbons (Fsp3) is 0.417. The Labute approximate surface area is 153 Å². The normalized spacial score (nSPS) is 12.9. The van der Waals surface area contributed by atoms with E-state index in [1.54, 1.807) is 0 Å². The summed E-state index contributed by atoms with van der Waals surface area (Å²) in [4.78, 5) is 0. The third-order valence-corrected chi connectivity index (χ3v) is 4.39. The molecular weight excluding hydrogens is 304 g/mol. The molecule has 0 radical (unpaired) electrons. The van der Waals surface area contributed by atoms with E-state index >= 15 is 0 Å². The zero-order chi connectivity index (χ0) is 18.2. The van der Waals surface area contributed by atoms with Crippen LogP contribution in [0.15, 0.2) is 54.6 Å². The van der Waals surface area contributed by atoms with Crippen LogP contribution in [0, 0.1) is 5.92 Å². The fourth-order valence-electron chi connectivity index (χ4n) is 2.74. The molecule has 134 valence electrons. The lowest BCUT2D eigenvalue weighted by atomic mass is 9.93. The minimum atomic E-state index is 0.523. The van der Waals surface area contributed by atoms with Gasteiger partial charge in [0.25, 0.3) is 0 Å². The van der Waals surface area contributed by atoms with Crippen molar-refractivity contribution in [2.45, 2.75) is 52.9 Å². The first-order valence-corrected chi connectivity index (χ1v) is 9.45. The SMILES string of the molecule is CC(C)COc1cccc(/C=C\CC(C)c2cccc(C(C)C)c2)c1. The van der Waals surface area contributed by atoms with Gasteiger partial charge in [-0.1, -0.05) is 83.2 Å². The maximum atomic E-state index is 5.81. The van der Waals surface area contributed by atoms with Crippen molar-refractivity contribution in [1.82, 2.24) is 0 Å². The molecular formula is C24H32O. The Morgan fingerprint density at radius 2 is 1.60 bits per heavy atom. The van der Waals surface area contributed by atoms with Crippen LogP contribution >= 0.6 is 0 Å². The van der Waals surface area contributed by atoms with Crippen LogP contribution in [0.2, 0.25) is 0 Å². The molecule has 25 heavy (non-hydrogen) atoms. The van der Waals surface area contributed by atoms with Gasteiger partial charge in [-0.3, -0.25) is 0 Å². The summed E-state index contributed by atoms with van der Waals surface area (Å²) in [5.41, 5.74) is 4.04. The zero-order valence-electron chi connectivity index (χ0n) is 16.3. The summed E-state index contributed by atoms with van der Waals surface area (Å²) in [7, 11) is 0. The van der Waals surface area contributed by atoms with Crippen molar-refractivity contribution in [3.63, 3.8) is 0 Å². The summed E-state index contributed by atoms with van der Waals surface area (Å²) in [6.45, 7) is 11.9. The molecule has 0 aliphatic carbocycles. The molecule has 0 aromatic heterocycles. The molecule has 1 atom stereocenters. The predicted octanol–water partition coefficient (Wildman–Crippen LogP) is 7.05. The van der Waals surface area contributed by atoms with Gasteiger partial charge in [0.2, 0.25) is 0 Å². The molecule has 0 saturated carbocycles. The molecule has 1 nitrogen and oxygen atoms in total. The quantitative estimate of drug-likeness (QED) is 0.502. The standard InChI is InChI=1S/C24H32O/c1-18(2)17-25-24-14-7-11-21(15-24)10-6-9-20(5)23-13-8-12-22(16-23)19(3)4/h6-8,10-16,18-20H,9,17H2,1-5H3/b10-6-. The summed E-state index contributed by atoms with van der Waals surface area (Å²) in [5, 5.41) is 0. The topological polar surface area (TPSA) is 9.23 Å². The first-order valence-electron chi connectivity index (χ1n) is 9.45. The van der Waals surface area contributed by atoms with Gasteiger partial charge in [-0.15, -0.1) is 0 Å². The Bertz CT molecular complexity index is 682. The van der Waals surface area contributed by atoms with Crippen LogP contribution in [0.1, 0.15) is 69.6 Å². The van der Waals surface area contributed by atoms with Crippen molar-refractivity contribution in [2.24, 2.45) is 5.92 Å². The average molecular weight is 337 g/mol. The van der Waals surface area contributed by atoms with Gasteiger partial charge in [-0.25, -0.2) is 0 Å². The molecule has 2 rings (SSSR count). The van der Waals surface area contributed by atoms with Gasteiger partial charge in [0.1, 0.15) is 5.75 Å². The second-order valence-electron chi connectivity index (χ2n) is 7.64. The smallest absolute Gasteiger partial charge is 0.119 e. The van der Waals surface area contributed by atoms with Gasteiger partial charge >= 0.3 is 0 Å². The molecule has 1 unspecified atom stereocenters. The molecule has 0 heterocycles. The molecule has 0 amide bonds. The monoisotopic (exact) mass is 336 g/mol. The first-order chi connectivity index (χ1) is 12.0. The van der Waals surface area contributed by atoms with Crippen LogP contribution in [0.4, 0.5) is 0 Å². The zero-order valence-corrected chi connectivity index (χ0v) is 16.3. The number of hydrogen-bond donors (Lipinski definition) is 0. The van der Waals surface area contributed by atoms with E-state index in [2.05, 4.69) is 89.2 Å². The highest BCUT2D eigenvalue weighted by Crippen LogP contribution is 2.24. The second-order valence-corrected chi connectivity index (χ2v) is 7.64. The lowest BCUT2D eigenvalue weighted by molar-refractivity contribution is 0.271. The molecule has 0 bridgehead atoms. The minimum absolute atomic E-state index is 0.523. The predicted molar refractivity (Wildman–Crippen MR) is 109 cm³/mol. The van der Waals surface area contributed by atoms with Crippen molar-refractivity contribution in [2.75, 3.05) is 6.61 Å². The van der Waals surface area contributed by atoms with E-state index in [4.69, 9.17) is 4.74 Å². The third kappa shape index (κ3) is 6.42. The third-order valence-electron chi connectivity index (χ3n) is 4.39. The van der Waals surface area contributed by atoms with E-state index in [1.807, 2.05) is 6.07 Å². The van der Waals surface area contributed by atoms with Crippen molar-refractivity contribution >= 4 is 6.08 Å². The second kappa shape index (κ2) is 9.46. The highest BCUT2D eigenvalue weighted by Gasteiger charge is 2.06. The Morgan fingerprint density at radius 1 is 0.880 bits per heavy atom. The summed E-state index contributed by atoms with van der Waals surface area (Å²) in [6.07, 6.45) is 5.51. The fourth-order valence-corrected chi connectivity index (χ4v) is 2.74. The van der Waals surface area contributed by atoms with E-state index in [1.165, 1.54) is 16.7 Å². The maximum Gasteiger partial charge on any atom is 0.119 e. The number of benzene rings is 2. The van der Waals surface area contributed by atoms with Crippen LogP contribution in [0.25, 0.3) is 6.08 Å². The Balaban J connectivity index is 1.96. The molecule has 0 spiro atoms. The first kappa shape index (κ1) is 19.3. The van der Waals surface area contributed by atoms with Crippen LogP contribution in [0.3, 0.4) is 0 Å². The number of allylic oxidation sites excluding steroid dienone is 1. The van der Waals surface area contributed by atoms with E-state index in [9.17, 15) is 0 Å². The summed E-state index contributed by atoms with van der Waals surface area (Å²) >= 11 is 0. The maximum absolute atomic E-state index is 5.81. The highest BCUT2D eigenvalue weighted by atomic mass is 16.5. The van der Waals surface area contributed by atoms with Gasteiger partial charge in [-0.2, -0.15) is 0 Å². The minimum Gasteiger partial charge on any atom is -0.493 e. The number of hydrogen-bond acceptors (Lipinski definition) is 1. The average Bonchev–Trinajstić information content (AvgIpc) is 2.60. The van der Waals surface area contributed by atoms with Crippen molar-refractivity contribution < 1.29 is 4.74 Å². The molecule has 1 heteroatoms. The van der Waals surface area contributed by atoms with Crippen molar-refractivity contribution in [3.05, 3.63) is 71.3 Å². The van der Waals surface area contributed by atoms with Crippen LogP contribution < -0.4 is 4.74 Å². The van der Waals surface area contributed by atoms with Crippen molar-refractivity contribution in [3.8, 4) is 5.75 Å². The van der Waals surface area contributed by atoms with E-state index in [0.29, 0.717) is 17.8 Å². The molecule has 0 aliphatic rings. The lowest BCUT2D eigenvalue weighted by Crippen LogP contribution is -2.04. The Kier molecular flexibility index (Phi) is 7.31. The summed E-state index contributed by atoms with van der Waals surface area (Å²) in [5.74, 6) is 2.60. The molecule has 0 aliphatic heterocycles. The summed E-state index contributed by atoms with van der Waals surface area (Å²) < 4.78 is 5.81. The molecule has 2 aromatic carbocycles. The van der Waals surface area contributed by atoms with E-state index in [-0.39, 0.29) is 0 Å². The molecule has 0 fully saturated rings. The summed E-state index contributed by atoms with van der Waals surface area (Å²) in [6, 6.07) is 17.3. The molecule has 2 aromatic rings. The Morgan fingerprint density at radius 3 is 2.32 bits per heavy atom. The van der Waals surface area contributed by atoms with Crippen LogP contribution in [-0.2, 0) is 0 Å². The van der Waals surface area contributed by atoms with Gasteiger partial charge < -0.3 is 4.74 Å². The lowest BCUT2D eigenvalue weighted by Gasteiger charge is -2.13. The van der Waals surface area contributed by atoms with Crippen LogP contribution in [0.5, 0.6) is 5.75 Å². The number of rotatable bonds is 8. The van der Waals surface area contributed by atoms with Gasteiger partial charge in [0.15, 0.2) is 0 Å². The highest BCUT2D eigenvalue weighted by molar-refractivity contribution is 5.51. The van der Waals surface area contributed by atoms with Gasteiger partial charge in [0.05, 0.1) is 6.61 Å². The van der Waals surface area contributed by atoms with E-state index in [0.717, 1.165) is 18.8 Å². The van der Waals surface area contributed by atoms with Gasteiger partial charge in [-0.05, 0) is 53.0 Å².